The van der Waals surface area contributed by atoms with Gasteiger partial charge in [-0.15, -0.1) is 0 Å². The van der Waals surface area contributed by atoms with Crippen molar-refractivity contribution in [2.24, 2.45) is 16.6 Å². The van der Waals surface area contributed by atoms with Gasteiger partial charge in [-0.25, -0.2) is 9.98 Å². The molecule has 2 unspecified atom stereocenters. The number of carbonyl (C=O) groups is 1. The largest absolute Gasteiger partial charge is 0.466 e. The predicted molar refractivity (Wildman–Crippen MR) is 82.7 cm³/mol. The molecule has 2 rings (SSSR count). The van der Waals surface area contributed by atoms with Crippen LogP contribution < -0.4 is 11.1 Å². The molecule has 9 heteroatoms. The number of hydrogen-bond donors (Lipinski definition) is 2. The lowest BCUT2D eigenvalue weighted by atomic mass is 10.1. The van der Waals surface area contributed by atoms with E-state index in [1.54, 1.807) is 13.4 Å². The van der Waals surface area contributed by atoms with E-state index in [1.165, 1.54) is 6.92 Å². The molecule has 0 bridgehead atoms. The van der Waals surface area contributed by atoms with Crippen molar-refractivity contribution in [3.8, 4) is 0 Å². The van der Waals surface area contributed by atoms with E-state index in [2.05, 4.69) is 15.3 Å². The van der Waals surface area contributed by atoms with E-state index in [9.17, 15) is 4.79 Å². The molecule has 22 heavy (non-hydrogen) atoms. The molecule has 1 aromatic heterocycles. The lowest BCUT2D eigenvalue weighted by Gasteiger charge is -2.21. The second-order valence-electron chi connectivity index (χ2n) is 5.06. The summed E-state index contributed by atoms with van der Waals surface area (Å²) in [5.41, 5.74) is 5.74. The monoisotopic (exact) mass is 329 g/mol. The molecule has 0 aliphatic carbocycles. The molecule has 1 aliphatic heterocycles. The molecule has 0 radical (unpaired) electrons. The predicted octanol–water partition coefficient (Wildman–Crippen LogP) is 1.08. The third kappa shape index (κ3) is 4.11. The van der Waals surface area contributed by atoms with Crippen LogP contribution in [0.25, 0.3) is 0 Å². The molecule has 1 aromatic rings. The summed E-state index contributed by atoms with van der Waals surface area (Å²) < 4.78 is 12.1. The number of nitrogens with one attached hydrogen (secondary N) is 1. The number of methoxy groups -OCH3 is 1. The van der Waals surface area contributed by atoms with E-state index in [0.29, 0.717) is 25.5 Å². The van der Waals surface area contributed by atoms with E-state index in [0.717, 1.165) is 12.2 Å². The van der Waals surface area contributed by atoms with Crippen LogP contribution in [0.2, 0.25) is 0 Å². The third-order valence-electron chi connectivity index (χ3n) is 3.30. The Hall–Kier alpha value is -1.80. The number of aliphatic imine (C=N–C) groups is 1. The summed E-state index contributed by atoms with van der Waals surface area (Å²) >= 11 is 6.11. The van der Waals surface area contributed by atoms with Gasteiger partial charge >= 0.3 is 5.97 Å². The van der Waals surface area contributed by atoms with Crippen molar-refractivity contribution in [2.75, 3.05) is 25.6 Å². The number of aromatic nitrogens is 2. The Morgan fingerprint density at radius 3 is 3.09 bits per heavy atom. The van der Waals surface area contributed by atoms with Crippen LogP contribution in [0.1, 0.15) is 24.5 Å². The van der Waals surface area contributed by atoms with Gasteiger partial charge < -0.3 is 25.1 Å². The zero-order chi connectivity index (χ0) is 16.1. The standard InChI is InChI=1S/C13H20ClN5O3/c1-8(20)22-6-9(3-4-21-2)5-19-7-16-10-11(14)17-13(15)18-12(10)19/h7,9,11H,3-6H2,1-2H3,(H3,15,17,18). The average molecular weight is 330 g/mol. The van der Waals surface area contributed by atoms with Gasteiger partial charge in [0.1, 0.15) is 11.5 Å². The zero-order valence-electron chi connectivity index (χ0n) is 12.6. The first-order valence-electron chi connectivity index (χ1n) is 6.93. The fourth-order valence-electron chi connectivity index (χ4n) is 2.21. The summed E-state index contributed by atoms with van der Waals surface area (Å²) in [6.07, 6.45) is 2.43. The van der Waals surface area contributed by atoms with Gasteiger partial charge in [0, 0.05) is 33.1 Å². The molecule has 122 valence electrons. The van der Waals surface area contributed by atoms with E-state index in [1.807, 2.05) is 4.57 Å². The quantitative estimate of drug-likeness (QED) is 0.440. The van der Waals surface area contributed by atoms with Gasteiger partial charge in [0.25, 0.3) is 0 Å². The summed E-state index contributed by atoms with van der Waals surface area (Å²) in [5.74, 6) is 0.767. The Balaban J connectivity index is 2.08. The molecule has 0 fully saturated rings. The molecule has 2 heterocycles. The molecule has 0 spiro atoms. The van der Waals surface area contributed by atoms with Crippen LogP contribution in [0.3, 0.4) is 0 Å². The summed E-state index contributed by atoms with van der Waals surface area (Å²) in [5, 5.41) is 2.97. The molecular formula is C13H20ClN5O3. The van der Waals surface area contributed by atoms with Gasteiger partial charge in [-0.05, 0) is 6.42 Å². The molecule has 3 N–H and O–H groups in total. The number of rotatable bonds is 7. The number of halogens is 1. The minimum Gasteiger partial charge on any atom is -0.466 e. The van der Waals surface area contributed by atoms with Gasteiger partial charge in [-0.3, -0.25) is 4.79 Å². The number of ether oxygens (including phenoxy) is 2. The highest BCUT2D eigenvalue weighted by Crippen LogP contribution is 2.31. The maximum atomic E-state index is 11.0. The van der Waals surface area contributed by atoms with Crippen molar-refractivity contribution in [3.05, 3.63) is 12.0 Å². The van der Waals surface area contributed by atoms with Gasteiger partial charge in [0.15, 0.2) is 11.5 Å². The number of alkyl halides is 1. The van der Waals surface area contributed by atoms with E-state index in [4.69, 9.17) is 26.8 Å². The number of carbonyl (C=O) groups excluding carboxylic acids is 1. The van der Waals surface area contributed by atoms with Gasteiger partial charge in [0.05, 0.1) is 12.9 Å². The molecular weight excluding hydrogens is 310 g/mol. The lowest BCUT2D eigenvalue weighted by molar-refractivity contribution is -0.142. The van der Waals surface area contributed by atoms with Gasteiger partial charge in [-0.2, -0.15) is 0 Å². The first-order valence-corrected chi connectivity index (χ1v) is 7.36. The van der Waals surface area contributed by atoms with Crippen LogP contribution in [0.15, 0.2) is 11.3 Å². The summed E-state index contributed by atoms with van der Waals surface area (Å²) in [6, 6.07) is 0. The smallest absolute Gasteiger partial charge is 0.302 e. The fourth-order valence-corrected chi connectivity index (χ4v) is 2.47. The Morgan fingerprint density at radius 2 is 2.41 bits per heavy atom. The van der Waals surface area contributed by atoms with Crippen molar-refractivity contribution in [1.29, 1.82) is 0 Å². The number of anilines is 1. The van der Waals surface area contributed by atoms with Crippen molar-refractivity contribution < 1.29 is 14.3 Å². The Kier molecular flexibility index (Phi) is 5.62. The highest BCUT2D eigenvalue weighted by Gasteiger charge is 2.24. The number of nitrogens with zero attached hydrogens (tertiary/aromatic N) is 3. The van der Waals surface area contributed by atoms with E-state index >= 15 is 0 Å². The van der Waals surface area contributed by atoms with Crippen LogP contribution in [-0.2, 0) is 20.8 Å². The Morgan fingerprint density at radius 1 is 1.64 bits per heavy atom. The van der Waals surface area contributed by atoms with Crippen LogP contribution in [0.4, 0.5) is 5.82 Å². The second kappa shape index (κ2) is 7.46. The maximum Gasteiger partial charge on any atom is 0.302 e. The molecule has 0 saturated carbocycles. The molecule has 0 amide bonds. The van der Waals surface area contributed by atoms with E-state index in [-0.39, 0.29) is 17.8 Å². The van der Waals surface area contributed by atoms with Crippen molar-refractivity contribution in [3.63, 3.8) is 0 Å². The lowest BCUT2D eigenvalue weighted by Crippen LogP contribution is -2.29. The van der Waals surface area contributed by atoms with Crippen molar-refractivity contribution in [2.45, 2.75) is 25.4 Å². The zero-order valence-corrected chi connectivity index (χ0v) is 13.3. The number of esters is 1. The third-order valence-corrected chi connectivity index (χ3v) is 3.60. The number of fused-ring (bicyclic) bond motifs is 1. The number of nitrogens with two attached hydrogens (primary N) is 1. The van der Waals surface area contributed by atoms with Crippen LogP contribution in [0.5, 0.6) is 0 Å². The molecule has 2 atom stereocenters. The number of imidazole rings is 1. The number of hydrogen-bond acceptors (Lipinski definition) is 7. The molecule has 1 aliphatic rings. The van der Waals surface area contributed by atoms with Crippen LogP contribution >= 0.6 is 11.6 Å². The highest BCUT2D eigenvalue weighted by molar-refractivity contribution is 6.22. The first kappa shape index (κ1) is 16.6. The second-order valence-corrected chi connectivity index (χ2v) is 5.47. The minimum absolute atomic E-state index is 0.0952. The topological polar surface area (TPSA) is 104 Å². The Bertz CT molecular complexity index is 560. The highest BCUT2D eigenvalue weighted by atomic mass is 35.5. The Labute approximate surface area is 133 Å². The molecule has 0 saturated heterocycles. The summed E-state index contributed by atoms with van der Waals surface area (Å²) in [6.45, 7) is 2.89. The van der Waals surface area contributed by atoms with Gasteiger partial charge in [-0.1, -0.05) is 11.6 Å². The average Bonchev–Trinajstić information content (AvgIpc) is 2.85. The van der Waals surface area contributed by atoms with Crippen LogP contribution in [-0.4, -0.2) is 41.8 Å². The molecule has 8 nitrogen and oxygen atoms in total. The minimum atomic E-state index is -0.594. The number of guanidine groups is 1. The van der Waals surface area contributed by atoms with Crippen molar-refractivity contribution in [1.82, 2.24) is 9.55 Å². The first-order chi connectivity index (χ1) is 10.5. The van der Waals surface area contributed by atoms with E-state index < -0.39 is 5.50 Å². The normalized spacial score (nSPS) is 18.1. The summed E-state index contributed by atoms with van der Waals surface area (Å²) in [4.78, 5) is 19.3. The molecule has 0 aromatic carbocycles. The van der Waals surface area contributed by atoms with Gasteiger partial charge in [0.2, 0.25) is 0 Å². The van der Waals surface area contributed by atoms with Crippen molar-refractivity contribution >= 4 is 29.3 Å². The fraction of sp³-hybridized carbons (Fsp3) is 0.615. The van der Waals surface area contributed by atoms with Crippen LogP contribution in [0, 0.1) is 5.92 Å². The summed E-state index contributed by atoms with van der Waals surface area (Å²) in [7, 11) is 1.64. The maximum absolute atomic E-state index is 11.0. The SMILES string of the molecule is COCCC(COC(C)=O)Cn1cnc2c1NC(N)=NC2Cl.